The molecule has 2 aliphatic rings. The van der Waals surface area contributed by atoms with E-state index in [-0.39, 0.29) is 24.1 Å². The van der Waals surface area contributed by atoms with Gasteiger partial charge in [0.15, 0.2) is 0 Å². The van der Waals surface area contributed by atoms with Crippen molar-refractivity contribution in [3.05, 3.63) is 0 Å². The summed E-state index contributed by atoms with van der Waals surface area (Å²) < 4.78 is 0. The van der Waals surface area contributed by atoms with Crippen LogP contribution in [0.1, 0.15) is 51.9 Å². The van der Waals surface area contributed by atoms with Crippen LogP contribution in [-0.2, 0) is 4.79 Å². The van der Waals surface area contributed by atoms with Gasteiger partial charge in [0.05, 0.1) is 18.2 Å². The Balaban J connectivity index is 1.90. The van der Waals surface area contributed by atoms with E-state index in [2.05, 4.69) is 17.6 Å². The fourth-order valence-electron chi connectivity index (χ4n) is 3.06. The zero-order valence-electron chi connectivity index (χ0n) is 11.4. The highest BCUT2D eigenvalue weighted by atomic mass is 16.3. The lowest BCUT2D eigenvalue weighted by Gasteiger charge is -2.40. The maximum Gasteiger partial charge on any atom is 0.237 e. The first-order valence-corrected chi connectivity index (χ1v) is 7.31. The highest BCUT2D eigenvalue weighted by Gasteiger charge is 2.36. The van der Waals surface area contributed by atoms with Crippen LogP contribution in [0.15, 0.2) is 0 Å². The zero-order chi connectivity index (χ0) is 13.0. The van der Waals surface area contributed by atoms with Crippen molar-refractivity contribution >= 4 is 5.91 Å². The van der Waals surface area contributed by atoms with Crippen molar-refractivity contribution < 1.29 is 9.90 Å². The van der Waals surface area contributed by atoms with Crippen LogP contribution in [-0.4, -0.2) is 35.7 Å². The van der Waals surface area contributed by atoms with Crippen molar-refractivity contribution in [1.29, 1.82) is 0 Å². The summed E-state index contributed by atoms with van der Waals surface area (Å²) in [4.78, 5) is 12.2. The summed E-state index contributed by atoms with van der Waals surface area (Å²) in [6.07, 6.45) is 7.20. The molecule has 1 atom stereocenters. The Labute approximate surface area is 110 Å². The van der Waals surface area contributed by atoms with Gasteiger partial charge in [-0.1, -0.05) is 13.3 Å². The molecule has 0 aromatic carbocycles. The second-order valence-corrected chi connectivity index (χ2v) is 6.11. The summed E-state index contributed by atoms with van der Waals surface area (Å²) in [6.45, 7) is 3.24. The van der Waals surface area contributed by atoms with Gasteiger partial charge in [-0.3, -0.25) is 4.79 Å². The fourth-order valence-corrected chi connectivity index (χ4v) is 3.06. The third-order valence-corrected chi connectivity index (χ3v) is 4.55. The molecule has 0 aromatic rings. The summed E-state index contributed by atoms with van der Waals surface area (Å²) in [6, 6.07) is -0.0541. The van der Waals surface area contributed by atoms with Gasteiger partial charge in [0, 0.05) is 0 Å². The smallest absolute Gasteiger partial charge is 0.237 e. The van der Waals surface area contributed by atoms with Gasteiger partial charge in [-0.25, -0.2) is 0 Å². The van der Waals surface area contributed by atoms with Crippen LogP contribution in [0.3, 0.4) is 0 Å². The molecule has 4 heteroatoms. The number of carbonyl (C=O) groups is 1. The Morgan fingerprint density at radius 2 is 2.06 bits per heavy atom. The minimum atomic E-state index is -0.358. The Kier molecular flexibility index (Phi) is 4.62. The summed E-state index contributed by atoms with van der Waals surface area (Å²) in [7, 11) is 0. The predicted molar refractivity (Wildman–Crippen MR) is 71.2 cm³/mol. The number of aliphatic hydroxyl groups excluding tert-OH is 1. The SMILES string of the molecule is CC1CCC(CO)(NC(=O)C2CCCCN2)CC1. The van der Waals surface area contributed by atoms with Crippen molar-refractivity contribution in [1.82, 2.24) is 10.6 Å². The summed E-state index contributed by atoms with van der Waals surface area (Å²) >= 11 is 0. The van der Waals surface area contributed by atoms with Gasteiger partial charge in [-0.2, -0.15) is 0 Å². The van der Waals surface area contributed by atoms with Gasteiger partial charge < -0.3 is 15.7 Å². The molecule has 1 heterocycles. The molecule has 3 N–H and O–H groups in total. The Morgan fingerprint density at radius 3 is 2.61 bits per heavy atom. The quantitative estimate of drug-likeness (QED) is 0.709. The second kappa shape index (κ2) is 6.02. The Morgan fingerprint density at radius 1 is 1.33 bits per heavy atom. The van der Waals surface area contributed by atoms with E-state index in [9.17, 15) is 9.90 Å². The first-order valence-electron chi connectivity index (χ1n) is 7.31. The average molecular weight is 254 g/mol. The van der Waals surface area contributed by atoms with Crippen LogP contribution >= 0.6 is 0 Å². The highest BCUT2D eigenvalue weighted by Crippen LogP contribution is 2.31. The zero-order valence-corrected chi connectivity index (χ0v) is 11.4. The first kappa shape index (κ1) is 13.8. The summed E-state index contributed by atoms with van der Waals surface area (Å²) in [5.41, 5.74) is -0.358. The fraction of sp³-hybridized carbons (Fsp3) is 0.929. The monoisotopic (exact) mass is 254 g/mol. The van der Waals surface area contributed by atoms with E-state index in [1.54, 1.807) is 0 Å². The number of nitrogens with one attached hydrogen (secondary N) is 2. The molecule has 2 fully saturated rings. The molecule has 1 amide bonds. The van der Waals surface area contributed by atoms with Crippen LogP contribution in [0.4, 0.5) is 0 Å². The molecule has 0 aromatic heterocycles. The minimum absolute atomic E-state index is 0.0541. The molecule has 0 spiro atoms. The van der Waals surface area contributed by atoms with Crippen molar-refractivity contribution in [2.24, 2.45) is 5.92 Å². The van der Waals surface area contributed by atoms with E-state index < -0.39 is 0 Å². The molecule has 1 aliphatic heterocycles. The van der Waals surface area contributed by atoms with Crippen LogP contribution in [0.5, 0.6) is 0 Å². The number of amides is 1. The lowest BCUT2D eigenvalue weighted by atomic mass is 9.77. The Hall–Kier alpha value is -0.610. The van der Waals surface area contributed by atoms with Crippen molar-refractivity contribution in [3.63, 3.8) is 0 Å². The standard InChI is InChI=1S/C14H26N2O2/c1-11-5-7-14(10-17,8-6-11)16-13(18)12-4-2-3-9-15-12/h11-12,15,17H,2-10H2,1H3,(H,16,18). The molecule has 0 radical (unpaired) electrons. The molecular weight excluding hydrogens is 228 g/mol. The molecule has 18 heavy (non-hydrogen) atoms. The molecule has 104 valence electrons. The summed E-state index contributed by atoms with van der Waals surface area (Å²) in [5, 5.41) is 16.0. The molecule has 0 bridgehead atoms. The van der Waals surface area contributed by atoms with Crippen LogP contribution < -0.4 is 10.6 Å². The lowest BCUT2D eigenvalue weighted by molar-refractivity contribution is -0.127. The van der Waals surface area contributed by atoms with Gasteiger partial charge in [-0.05, 0) is 51.0 Å². The minimum Gasteiger partial charge on any atom is -0.394 e. The molecule has 1 saturated carbocycles. The van der Waals surface area contributed by atoms with E-state index >= 15 is 0 Å². The van der Waals surface area contributed by atoms with E-state index in [1.807, 2.05) is 0 Å². The first-order chi connectivity index (χ1) is 8.65. The van der Waals surface area contributed by atoms with Gasteiger partial charge in [0.2, 0.25) is 5.91 Å². The van der Waals surface area contributed by atoms with Crippen LogP contribution in [0.25, 0.3) is 0 Å². The number of hydrogen-bond donors (Lipinski definition) is 3. The van der Waals surface area contributed by atoms with E-state index in [0.717, 1.165) is 57.4 Å². The van der Waals surface area contributed by atoms with Crippen LogP contribution in [0, 0.1) is 5.92 Å². The van der Waals surface area contributed by atoms with E-state index in [0.29, 0.717) is 0 Å². The number of rotatable bonds is 3. The van der Waals surface area contributed by atoms with Crippen LogP contribution in [0.2, 0.25) is 0 Å². The number of carbonyl (C=O) groups excluding carboxylic acids is 1. The van der Waals surface area contributed by atoms with Crippen molar-refractivity contribution in [2.75, 3.05) is 13.2 Å². The third-order valence-electron chi connectivity index (χ3n) is 4.55. The molecular formula is C14H26N2O2. The normalized spacial score (nSPS) is 37.2. The summed E-state index contributed by atoms with van der Waals surface area (Å²) in [5.74, 6) is 0.799. The van der Waals surface area contributed by atoms with Crippen molar-refractivity contribution in [3.8, 4) is 0 Å². The molecule has 4 nitrogen and oxygen atoms in total. The molecule has 1 saturated heterocycles. The number of aliphatic hydroxyl groups is 1. The van der Waals surface area contributed by atoms with Gasteiger partial charge in [0.25, 0.3) is 0 Å². The molecule has 2 rings (SSSR count). The number of piperidine rings is 1. The highest BCUT2D eigenvalue weighted by molar-refractivity contribution is 5.82. The molecule has 1 unspecified atom stereocenters. The topological polar surface area (TPSA) is 61.4 Å². The van der Waals surface area contributed by atoms with E-state index in [4.69, 9.17) is 0 Å². The molecule has 1 aliphatic carbocycles. The average Bonchev–Trinajstić information content (AvgIpc) is 2.43. The number of hydrogen-bond acceptors (Lipinski definition) is 3. The van der Waals surface area contributed by atoms with E-state index in [1.165, 1.54) is 0 Å². The maximum atomic E-state index is 12.2. The second-order valence-electron chi connectivity index (χ2n) is 6.11. The largest absolute Gasteiger partial charge is 0.394 e. The predicted octanol–water partition coefficient (Wildman–Crippen LogP) is 1.19. The van der Waals surface area contributed by atoms with Gasteiger partial charge in [-0.15, -0.1) is 0 Å². The van der Waals surface area contributed by atoms with Gasteiger partial charge in [0.1, 0.15) is 0 Å². The van der Waals surface area contributed by atoms with Crippen molar-refractivity contribution in [2.45, 2.75) is 63.5 Å². The Bertz CT molecular complexity index is 280. The van der Waals surface area contributed by atoms with Gasteiger partial charge >= 0.3 is 0 Å². The maximum absolute atomic E-state index is 12.2. The lowest BCUT2D eigenvalue weighted by Crippen LogP contribution is -2.58. The third kappa shape index (κ3) is 3.23.